The standard InChI is InChI=1S/C23H33N3OS/c1-5-16-8-6-7-11-26(16)22(27)20-19(24)17-13-14-12-15(23(2,3)4)9-10-18(14)25-21(17)28-20/h13,15-16H,5-12,24H2,1-4H3. The zero-order valence-corrected chi connectivity index (χ0v) is 18.5. The molecule has 2 aromatic rings. The van der Waals surface area contributed by atoms with E-state index in [-0.39, 0.29) is 5.91 Å². The van der Waals surface area contributed by atoms with Gasteiger partial charge in [-0.2, -0.15) is 0 Å². The topological polar surface area (TPSA) is 59.2 Å². The maximum absolute atomic E-state index is 13.3. The predicted octanol–water partition coefficient (Wildman–Crippen LogP) is 5.43. The van der Waals surface area contributed by atoms with Crippen molar-refractivity contribution < 1.29 is 4.79 Å². The van der Waals surface area contributed by atoms with Crippen LogP contribution < -0.4 is 5.73 Å². The van der Waals surface area contributed by atoms with Gasteiger partial charge in [0.15, 0.2) is 0 Å². The van der Waals surface area contributed by atoms with E-state index < -0.39 is 0 Å². The molecule has 1 amide bonds. The second kappa shape index (κ2) is 7.33. The molecule has 2 aliphatic rings. The molecular weight excluding hydrogens is 366 g/mol. The Labute approximate surface area is 172 Å². The number of thiophene rings is 1. The lowest BCUT2D eigenvalue weighted by Crippen LogP contribution is -2.43. The fourth-order valence-corrected chi connectivity index (χ4v) is 5.96. The molecule has 1 fully saturated rings. The fourth-order valence-electron chi connectivity index (χ4n) is 4.91. The molecule has 0 bridgehead atoms. The molecule has 1 aliphatic carbocycles. The predicted molar refractivity (Wildman–Crippen MR) is 118 cm³/mol. The number of hydrogen-bond donors (Lipinski definition) is 1. The van der Waals surface area contributed by atoms with Crippen LogP contribution >= 0.6 is 11.3 Å². The number of carbonyl (C=O) groups excluding carboxylic acids is 1. The minimum Gasteiger partial charge on any atom is -0.397 e. The van der Waals surface area contributed by atoms with Gasteiger partial charge in [0, 0.05) is 23.7 Å². The summed E-state index contributed by atoms with van der Waals surface area (Å²) in [6, 6.07) is 2.57. The minimum absolute atomic E-state index is 0.109. The number of fused-ring (bicyclic) bond motifs is 2. The fraction of sp³-hybridized carbons (Fsp3) is 0.652. The van der Waals surface area contributed by atoms with E-state index in [0.29, 0.717) is 27.9 Å². The van der Waals surface area contributed by atoms with Gasteiger partial charge in [-0.15, -0.1) is 11.3 Å². The van der Waals surface area contributed by atoms with Gasteiger partial charge < -0.3 is 10.6 Å². The summed E-state index contributed by atoms with van der Waals surface area (Å²) in [6.07, 6.45) is 7.70. The quantitative estimate of drug-likeness (QED) is 0.732. The van der Waals surface area contributed by atoms with Crippen molar-refractivity contribution in [3.05, 3.63) is 22.2 Å². The summed E-state index contributed by atoms with van der Waals surface area (Å²) in [5.74, 6) is 0.775. The molecule has 2 unspecified atom stereocenters. The maximum Gasteiger partial charge on any atom is 0.266 e. The Balaban J connectivity index is 1.69. The molecule has 4 rings (SSSR count). The molecule has 2 atom stereocenters. The Kier molecular flexibility index (Phi) is 5.15. The first-order valence-electron chi connectivity index (χ1n) is 10.8. The lowest BCUT2D eigenvalue weighted by Gasteiger charge is -2.35. The van der Waals surface area contributed by atoms with E-state index in [1.54, 1.807) is 0 Å². The first-order valence-corrected chi connectivity index (χ1v) is 11.6. The number of likely N-dealkylation sites (tertiary alicyclic amines) is 1. The summed E-state index contributed by atoms with van der Waals surface area (Å²) in [5, 5.41) is 0.978. The summed E-state index contributed by atoms with van der Waals surface area (Å²) < 4.78 is 0. The molecule has 4 nitrogen and oxygen atoms in total. The molecule has 28 heavy (non-hydrogen) atoms. The molecule has 0 aromatic carbocycles. The number of pyridine rings is 1. The zero-order chi connectivity index (χ0) is 20.1. The third-order valence-electron chi connectivity index (χ3n) is 6.86. The Hall–Kier alpha value is -1.62. The van der Waals surface area contributed by atoms with Gasteiger partial charge in [0.05, 0.1) is 5.69 Å². The van der Waals surface area contributed by atoms with Crippen molar-refractivity contribution >= 4 is 33.1 Å². The van der Waals surface area contributed by atoms with E-state index in [4.69, 9.17) is 10.7 Å². The highest BCUT2D eigenvalue weighted by molar-refractivity contribution is 7.21. The summed E-state index contributed by atoms with van der Waals surface area (Å²) in [5.41, 5.74) is 9.98. The highest BCUT2D eigenvalue weighted by atomic mass is 32.1. The van der Waals surface area contributed by atoms with Crippen LogP contribution in [0.4, 0.5) is 5.69 Å². The summed E-state index contributed by atoms with van der Waals surface area (Å²) >= 11 is 1.49. The van der Waals surface area contributed by atoms with Crippen molar-refractivity contribution in [2.45, 2.75) is 78.7 Å². The van der Waals surface area contributed by atoms with Crippen LogP contribution in [0.5, 0.6) is 0 Å². The van der Waals surface area contributed by atoms with Gasteiger partial charge in [-0.05, 0) is 67.9 Å². The van der Waals surface area contributed by atoms with Gasteiger partial charge in [-0.1, -0.05) is 27.7 Å². The lowest BCUT2D eigenvalue weighted by atomic mass is 9.71. The third-order valence-corrected chi connectivity index (χ3v) is 7.97. The first kappa shape index (κ1) is 19.7. The molecule has 152 valence electrons. The van der Waals surface area contributed by atoms with Crippen molar-refractivity contribution in [1.82, 2.24) is 9.88 Å². The third kappa shape index (κ3) is 3.42. The highest BCUT2D eigenvalue weighted by Crippen LogP contribution is 2.41. The zero-order valence-electron chi connectivity index (χ0n) is 17.7. The van der Waals surface area contributed by atoms with E-state index in [1.165, 1.54) is 35.4 Å². The largest absolute Gasteiger partial charge is 0.397 e. The van der Waals surface area contributed by atoms with Gasteiger partial charge in [-0.25, -0.2) is 4.98 Å². The number of aryl methyl sites for hydroxylation is 1. The van der Waals surface area contributed by atoms with Crippen molar-refractivity contribution in [2.24, 2.45) is 11.3 Å². The smallest absolute Gasteiger partial charge is 0.266 e. The average Bonchev–Trinajstić information content (AvgIpc) is 3.00. The number of piperidine rings is 1. The monoisotopic (exact) mass is 399 g/mol. The van der Waals surface area contributed by atoms with Gasteiger partial charge in [0.1, 0.15) is 9.71 Å². The Bertz CT molecular complexity index is 895. The molecule has 1 saturated heterocycles. The maximum atomic E-state index is 13.3. The number of nitrogen functional groups attached to an aromatic ring is 1. The van der Waals surface area contributed by atoms with Crippen LogP contribution in [0, 0.1) is 11.3 Å². The molecule has 3 heterocycles. The van der Waals surface area contributed by atoms with Crippen molar-refractivity contribution in [3.8, 4) is 0 Å². The van der Waals surface area contributed by atoms with Gasteiger partial charge in [0.2, 0.25) is 0 Å². The summed E-state index contributed by atoms with van der Waals surface area (Å²) in [4.78, 5) is 21.9. The highest BCUT2D eigenvalue weighted by Gasteiger charge is 2.32. The summed E-state index contributed by atoms with van der Waals surface area (Å²) in [7, 11) is 0. The van der Waals surface area contributed by atoms with E-state index in [1.807, 2.05) is 0 Å². The molecule has 5 heteroatoms. The average molecular weight is 400 g/mol. The van der Waals surface area contributed by atoms with Crippen LogP contribution in [0.2, 0.25) is 0 Å². The van der Waals surface area contributed by atoms with Crippen LogP contribution in [0.25, 0.3) is 10.2 Å². The van der Waals surface area contributed by atoms with E-state index in [9.17, 15) is 4.79 Å². The van der Waals surface area contributed by atoms with E-state index >= 15 is 0 Å². The number of anilines is 1. The van der Waals surface area contributed by atoms with Crippen LogP contribution in [0.1, 0.15) is 80.7 Å². The SMILES string of the molecule is CCC1CCCCN1C(=O)c1sc2nc3c(cc2c1N)CC(C(C)(C)C)CC3. The number of amides is 1. The second-order valence-electron chi connectivity index (χ2n) is 9.65. The van der Waals surface area contributed by atoms with Crippen LogP contribution in [0.15, 0.2) is 6.07 Å². The number of aromatic nitrogens is 1. The summed E-state index contributed by atoms with van der Waals surface area (Å²) in [6.45, 7) is 10.0. The normalized spacial score (nSPS) is 23.1. The van der Waals surface area contributed by atoms with Crippen LogP contribution in [-0.2, 0) is 12.8 Å². The molecule has 2 N–H and O–H groups in total. The number of carbonyl (C=O) groups is 1. The lowest BCUT2D eigenvalue weighted by molar-refractivity contribution is 0.0614. The number of nitrogens with zero attached hydrogens (tertiary/aromatic N) is 2. The Morgan fingerprint density at radius 1 is 1.32 bits per heavy atom. The van der Waals surface area contributed by atoms with E-state index in [2.05, 4.69) is 38.7 Å². The molecule has 1 aliphatic heterocycles. The van der Waals surface area contributed by atoms with Gasteiger partial charge in [0.25, 0.3) is 5.91 Å². The minimum atomic E-state index is 0.109. The molecule has 2 aromatic heterocycles. The Morgan fingerprint density at radius 2 is 2.11 bits per heavy atom. The van der Waals surface area contributed by atoms with E-state index in [0.717, 1.165) is 48.9 Å². The first-order chi connectivity index (χ1) is 13.3. The number of rotatable bonds is 2. The van der Waals surface area contributed by atoms with Crippen molar-refractivity contribution in [3.63, 3.8) is 0 Å². The van der Waals surface area contributed by atoms with Crippen LogP contribution in [0.3, 0.4) is 0 Å². The molecular formula is C23H33N3OS. The number of hydrogen-bond acceptors (Lipinski definition) is 4. The molecule has 0 saturated carbocycles. The van der Waals surface area contributed by atoms with Crippen molar-refractivity contribution in [1.29, 1.82) is 0 Å². The molecule has 0 spiro atoms. The van der Waals surface area contributed by atoms with Crippen LogP contribution in [-0.4, -0.2) is 28.4 Å². The second-order valence-corrected chi connectivity index (χ2v) is 10.7. The molecule has 0 radical (unpaired) electrons. The van der Waals surface area contributed by atoms with Gasteiger partial charge >= 0.3 is 0 Å². The Morgan fingerprint density at radius 3 is 2.82 bits per heavy atom. The number of nitrogens with two attached hydrogens (primary N) is 1. The van der Waals surface area contributed by atoms with Gasteiger partial charge in [-0.3, -0.25) is 4.79 Å². The van der Waals surface area contributed by atoms with Crippen molar-refractivity contribution in [2.75, 3.05) is 12.3 Å².